The second-order valence-electron chi connectivity index (χ2n) is 6.61. The summed E-state index contributed by atoms with van der Waals surface area (Å²) in [5.41, 5.74) is -0.225. The number of aliphatic hydroxyl groups is 1. The summed E-state index contributed by atoms with van der Waals surface area (Å²) in [5.74, 6) is -2.61. The zero-order valence-corrected chi connectivity index (χ0v) is 14.1. The van der Waals surface area contributed by atoms with Crippen LogP contribution >= 0.6 is 0 Å². The largest absolute Gasteiger partial charge is 0.488 e. The number of fused-ring (bicyclic) bond motifs is 2. The molecule has 2 aliphatic heterocycles. The first-order valence-corrected chi connectivity index (χ1v) is 8.57. The van der Waals surface area contributed by atoms with E-state index >= 15 is 4.39 Å². The molecule has 2 aliphatic rings. The lowest BCUT2D eigenvalue weighted by Crippen LogP contribution is -2.52. The summed E-state index contributed by atoms with van der Waals surface area (Å²) in [6.07, 6.45) is 0. The molecule has 0 bridgehead atoms. The number of piperazine rings is 1. The van der Waals surface area contributed by atoms with Gasteiger partial charge in [-0.25, -0.2) is 13.2 Å². The number of aliphatic hydroxyl groups excluding tert-OH is 1. The van der Waals surface area contributed by atoms with E-state index in [1.807, 2.05) is 0 Å². The number of hydrogen-bond acceptors (Lipinski definition) is 4. The summed E-state index contributed by atoms with van der Waals surface area (Å²) in [6, 6.07) is 5.24. The van der Waals surface area contributed by atoms with Crippen LogP contribution in [-0.4, -0.2) is 42.3 Å². The maximum absolute atomic E-state index is 15.2. The minimum atomic E-state index is -0.924. The van der Waals surface area contributed by atoms with Crippen LogP contribution in [-0.2, 0) is 13.2 Å². The van der Waals surface area contributed by atoms with Crippen molar-refractivity contribution in [1.82, 2.24) is 10.2 Å². The molecule has 2 N–H and O–H groups in total. The van der Waals surface area contributed by atoms with E-state index in [0.29, 0.717) is 18.7 Å². The van der Waals surface area contributed by atoms with Gasteiger partial charge in [-0.3, -0.25) is 4.90 Å². The fourth-order valence-electron chi connectivity index (χ4n) is 3.71. The second-order valence-corrected chi connectivity index (χ2v) is 6.61. The highest BCUT2D eigenvalue weighted by Gasteiger charge is 2.31. The lowest BCUT2D eigenvalue weighted by molar-refractivity contribution is 0.119. The molecule has 4 rings (SSSR count). The van der Waals surface area contributed by atoms with Crippen molar-refractivity contribution in [2.45, 2.75) is 19.2 Å². The Labute approximate surface area is 149 Å². The molecule has 0 amide bonds. The van der Waals surface area contributed by atoms with E-state index < -0.39 is 29.6 Å². The van der Waals surface area contributed by atoms with Crippen molar-refractivity contribution in [3.63, 3.8) is 0 Å². The fraction of sp³-hybridized carbons (Fsp3) is 0.368. The highest BCUT2D eigenvalue weighted by atomic mass is 19.1. The predicted octanol–water partition coefficient (Wildman–Crippen LogP) is 2.43. The van der Waals surface area contributed by atoms with Gasteiger partial charge >= 0.3 is 0 Å². The Morgan fingerprint density at radius 3 is 2.85 bits per heavy atom. The van der Waals surface area contributed by atoms with E-state index in [2.05, 4.69) is 10.2 Å². The van der Waals surface area contributed by atoms with Crippen molar-refractivity contribution < 1.29 is 23.0 Å². The lowest BCUT2D eigenvalue weighted by Gasteiger charge is -2.33. The summed E-state index contributed by atoms with van der Waals surface area (Å²) >= 11 is 0. The molecule has 2 aromatic carbocycles. The molecule has 2 aromatic rings. The van der Waals surface area contributed by atoms with Crippen molar-refractivity contribution in [1.29, 1.82) is 0 Å². The number of ether oxygens (including phenoxy) is 1. The molecule has 0 unspecified atom stereocenters. The quantitative estimate of drug-likeness (QED) is 0.859. The minimum Gasteiger partial charge on any atom is -0.488 e. The first kappa shape index (κ1) is 17.3. The maximum Gasteiger partial charge on any atom is 0.176 e. The van der Waals surface area contributed by atoms with E-state index in [-0.39, 0.29) is 29.5 Å². The molecular weight excluding hydrogens is 345 g/mol. The molecule has 1 saturated heterocycles. The number of nitrogens with zero attached hydrogens (tertiary/aromatic N) is 1. The highest BCUT2D eigenvalue weighted by molar-refractivity contribution is 5.72. The van der Waals surface area contributed by atoms with E-state index in [4.69, 9.17) is 4.74 Å². The van der Waals surface area contributed by atoms with Gasteiger partial charge in [0.25, 0.3) is 0 Å². The van der Waals surface area contributed by atoms with Gasteiger partial charge in [0.2, 0.25) is 0 Å². The SMILES string of the molecule is OCc1cccc(F)c1-c1c(F)cc2c(c1F)OC[C@H]1CNCCN1C2. The second kappa shape index (κ2) is 6.90. The molecule has 26 heavy (non-hydrogen) atoms. The topological polar surface area (TPSA) is 44.7 Å². The van der Waals surface area contributed by atoms with Crippen LogP contribution in [0.15, 0.2) is 24.3 Å². The van der Waals surface area contributed by atoms with Gasteiger partial charge in [0.05, 0.1) is 18.2 Å². The van der Waals surface area contributed by atoms with Crippen LogP contribution in [0.4, 0.5) is 13.2 Å². The van der Waals surface area contributed by atoms with Crippen LogP contribution < -0.4 is 10.1 Å². The van der Waals surface area contributed by atoms with Gasteiger partial charge in [-0.05, 0) is 17.7 Å². The number of hydrogen-bond donors (Lipinski definition) is 2. The standard InChI is InChI=1S/C19H19F3N2O2/c20-14-3-1-2-11(9-25)16(14)17-15(21)6-12-8-24-5-4-23-7-13(24)10-26-19(12)18(17)22/h1-3,6,13,23,25H,4-5,7-10H2/t13-/m1/s1. The van der Waals surface area contributed by atoms with Crippen molar-refractivity contribution in [3.8, 4) is 16.9 Å². The molecule has 7 heteroatoms. The smallest absolute Gasteiger partial charge is 0.176 e. The monoisotopic (exact) mass is 364 g/mol. The molecule has 0 aliphatic carbocycles. The third-order valence-corrected chi connectivity index (χ3v) is 5.04. The van der Waals surface area contributed by atoms with Crippen molar-refractivity contribution in [3.05, 3.63) is 52.8 Å². The van der Waals surface area contributed by atoms with Gasteiger partial charge in [0, 0.05) is 37.3 Å². The lowest BCUT2D eigenvalue weighted by atomic mass is 9.96. The molecule has 138 valence electrons. The van der Waals surface area contributed by atoms with E-state index in [1.54, 1.807) is 0 Å². The maximum atomic E-state index is 15.2. The van der Waals surface area contributed by atoms with Gasteiger partial charge in [-0.2, -0.15) is 0 Å². The molecule has 0 aromatic heterocycles. The number of nitrogens with one attached hydrogen (secondary N) is 1. The van der Waals surface area contributed by atoms with Crippen LogP contribution in [0.25, 0.3) is 11.1 Å². The fourth-order valence-corrected chi connectivity index (χ4v) is 3.71. The average Bonchev–Trinajstić information content (AvgIpc) is 2.82. The molecule has 0 saturated carbocycles. The minimum absolute atomic E-state index is 0.0389. The van der Waals surface area contributed by atoms with E-state index in [9.17, 15) is 13.9 Å². The van der Waals surface area contributed by atoms with Gasteiger partial charge in [0.15, 0.2) is 11.6 Å². The predicted molar refractivity (Wildman–Crippen MR) is 90.2 cm³/mol. The van der Waals surface area contributed by atoms with Gasteiger partial charge in [0.1, 0.15) is 18.2 Å². The summed E-state index contributed by atoms with van der Waals surface area (Å²) in [7, 11) is 0. The van der Waals surface area contributed by atoms with Gasteiger partial charge < -0.3 is 15.2 Å². The van der Waals surface area contributed by atoms with Gasteiger partial charge in [-0.1, -0.05) is 12.1 Å². The first-order chi connectivity index (χ1) is 12.6. The zero-order chi connectivity index (χ0) is 18.3. The normalized spacial score (nSPS) is 20.1. The molecule has 1 atom stereocenters. The van der Waals surface area contributed by atoms with Crippen LogP contribution in [0.2, 0.25) is 0 Å². The Hall–Kier alpha value is -2.09. The third-order valence-electron chi connectivity index (χ3n) is 5.04. The summed E-state index contributed by atoms with van der Waals surface area (Å²) in [4.78, 5) is 2.13. The van der Waals surface area contributed by atoms with E-state index in [1.165, 1.54) is 18.2 Å². The van der Waals surface area contributed by atoms with Crippen molar-refractivity contribution in [2.75, 3.05) is 26.2 Å². The Kier molecular flexibility index (Phi) is 4.60. The number of rotatable bonds is 2. The molecule has 0 radical (unpaired) electrons. The van der Waals surface area contributed by atoms with Crippen LogP contribution in [0.5, 0.6) is 5.75 Å². The Morgan fingerprint density at radius 1 is 1.19 bits per heavy atom. The van der Waals surface area contributed by atoms with Crippen molar-refractivity contribution in [2.24, 2.45) is 0 Å². The summed E-state index contributed by atoms with van der Waals surface area (Å²) in [5, 5.41) is 12.7. The van der Waals surface area contributed by atoms with E-state index in [0.717, 1.165) is 19.2 Å². The molecule has 0 spiro atoms. The average molecular weight is 364 g/mol. The highest BCUT2D eigenvalue weighted by Crippen LogP contribution is 2.39. The first-order valence-electron chi connectivity index (χ1n) is 8.57. The Balaban J connectivity index is 1.84. The van der Waals surface area contributed by atoms with Crippen LogP contribution in [0, 0.1) is 17.5 Å². The molecular formula is C19H19F3N2O2. The molecule has 4 nitrogen and oxygen atoms in total. The Bertz CT molecular complexity index is 844. The number of halogens is 3. The zero-order valence-electron chi connectivity index (χ0n) is 14.1. The van der Waals surface area contributed by atoms with Crippen LogP contribution in [0.3, 0.4) is 0 Å². The van der Waals surface area contributed by atoms with Crippen molar-refractivity contribution >= 4 is 0 Å². The Morgan fingerprint density at radius 2 is 2.04 bits per heavy atom. The number of benzene rings is 2. The summed E-state index contributed by atoms with van der Waals surface area (Å²) in [6.45, 7) is 2.41. The van der Waals surface area contributed by atoms with Gasteiger partial charge in [-0.15, -0.1) is 0 Å². The third kappa shape index (κ3) is 2.86. The van der Waals surface area contributed by atoms with Crippen LogP contribution in [0.1, 0.15) is 11.1 Å². The summed E-state index contributed by atoms with van der Waals surface area (Å²) < 4.78 is 50.0. The molecule has 2 heterocycles. The molecule has 1 fully saturated rings.